The van der Waals surface area contributed by atoms with Gasteiger partial charge >= 0.3 is 0 Å². The van der Waals surface area contributed by atoms with Crippen molar-refractivity contribution >= 4 is 15.7 Å². The van der Waals surface area contributed by atoms with Crippen LogP contribution >= 0.6 is 0 Å². The van der Waals surface area contributed by atoms with Gasteiger partial charge in [-0.15, -0.1) is 0 Å². The van der Waals surface area contributed by atoms with Gasteiger partial charge in [0.25, 0.3) is 12.4 Å². The lowest BCUT2D eigenvalue weighted by molar-refractivity contribution is -0.180. The molecular weight excluding hydrogens is 333 g/mol. The summed E-state index contributed by atoms with van der Waals surface area (Å²) in [6, 6.07) is 0.218. The van der Waals surface area contributed by atoms with Gasteiger partial charge in [-0.25, -0.2) is 17.6 Å². The third-order valence-corrected chi connectivity index (χ3v) is 3.31. The second kappa shape index (κ2) is 8.17. The van der Waals surface area contributed by atoms with Crippen LogP contribution < -0.4 is 0 Å². The van der Waals surface area contributed by atoms with Gasteiger partial charge in [0, 0.05) is 0 Å². The number of aliphatic hydroxyl groups is 2. The molecule has 11 heteroatoms. The third kappa shape index (κ3) is 4.73. The Morgan fingerprint density at radius 2 is 1.86 bits per heavy atom. The summed E-state index contributed by atoms with van der Waals surface area (Å²) in [5.74, 6) is -9.77. The molecular formula is C11H10F5NO4Si. The molecule has 0 aliphatic heterocycles. The molecule has 0 aliphatic rings. The van der Waals surface area contributed by atoms with E-state index in [9.17, 15) is 26.8 Å². The van der Waals surface area contributed by atoms with Crippen molar-refractivity contribution in [2.24, 2.45) is 0 Å². The molecule has 122 valence electrons. The van der Waals surface area contributed by atoms with E-state index in [1.807, 2.05) is 0 Å². The molecule has 0 spiro atoms. The van der Waals surface area contributed by atoms with Crippen LogP contribution in [0.3, 0.4) is 0 Å². The highest BCUT2D eigenvalue weighted by Gasteiger charge is 2.26. The molecule has 1 amide bonds. The van der Waals surface area contributed by atoms with E-state index in [-0.39, 0.29) is 28.3 Å². The number of carbonyl (C=O) groups is 1. The molecule has 0 fully saturated rings. The van der Waals surface area contributed by atoms with Crippen molar-refractivity contribution in [3.05, 3.63) is 34.9 Å². The van der Waals surface area contributed by atoms with Crippen molar-refractivity contribution in [2.75, 3.05) is 6.54 Å². The number of hydrogen-bond acceptors (Lipinski definition) is 4. The fourth-order valence-corrected chi connectivity index (χ4v) is 1.95. The number of nitrogens with zero attached hydrogens (tertiary/aromatic N) is 1. The van der Waals surface area contributed by atoms with Gasteiger partial charge in [0.05, 0.1) is 12.1 Å². The first-order valence-electron chi connectivity index (χ1n) is 5.81. The van der Waals surface area contributed by atoms with E-state index in [4.69, 9.17) is 10.2 Å². The number of aliphatic hydroxyl groups excluding tert-OH is 1. The normalized spacial score (nSPS) is 11.1. The van der Waals surface area contributed by atoms with Crippen molar-refractivity contribution in [1.29, 1.82) is 0 Å². The number of amides is 1. The SMILES string of the molecule is O=C(c1cc(F)c(F)c(F)c1F)N(F)CCC[Si]OC(O)O. The maximum Gasteiger partial charge on any atom is 0.284 e. The summed E-state index contributed by atoms with van der Waals surface area (Å²) in [4.78, 5) is 11.5. The zero-order valence-electron chi connectivity index (χ0n) is 10.8. The molecule has 1 aromatic carbocycles. The Morgan fingerprint density at radius 3 is 2.45 bits per heavy atom. The number of halogens is 5. The lowest BCUT2D eigenvalue weighted by Gasteiger charge is -2.13. The van der Waals surface area contributed by atoms with Crippen LogP contribution in [0.1, 0.15) is 16.8 Å². The molecule has 5 nitrogen and oxygen atoms in total. The summed E-state index contributed by atoms with van der Waals surface area (Å²) in [5.41, 5.74) is -1.27. The molecule has 0 saturated carbocycles. The molecule has 22 heavy (non-hydrogen) atoms. The van der Waals surface area contributed by atoms with Crippen LogP contribution in [-0.4, -0.2) is 44.0 Å². The first-order chi connectivity index (χ1) is 10.3. The van der Waals surface area contributed by atoms with E-state index >= 15 is 0 Å². The first-order valence-corrected chi connectivity index (χ1v) is 6.92. The number of benzene rings is 1. The smallest absolute Gasteiger partial charge is 0.284 e. The van der Waals surface area contributed by atoms with Gasteiger partial charge in [0.1, 0.15) is 0 Å². The molecule has 0 heterocycles. The zero-order valence-corrected chi connectivity index (χ0v) is 11.8. The summed E-state index contributed by atoms with van der Waals surface area (Å²) in [5, 5.41) is 16.2. The molecule has 0 atom stereocenters. The quantitative estimate of drug-likeness (QED) is 0.149. The lowest BCUT2D eigenvalue weighted by Crippen LogP contribution is -2.26. The molecule has 0 aliphatic carbocycles. The Labute approximate surface area is 123 Å². The maximum atomic E-state index is 13.5. The molecule has 2 radical (unpaired) electrons. The Morgan fingerprint density at radius 1 is 1.23 bits per heavy atom. The van der Waals surface area contributed by atoms with Gasteiger partial charge in [-0.1, -0.05) is 4.48 Å². The Bertz CT molecular complexity index is 546. The maximum absolute atomic E-state index is 13.5. The minimum atomic E-state index is -2.21. The molecule has 1 rings (SSSR count). The Hall–Kier alpha value is -1.56. The van der Waals surface area contributed by atoms with Crippen molar-refractivity contribution in [1.82, 2.24) is 5.12 Å². The topological polar surface area (TPSA) is 70.0 Å². The van der Waals surface area contributed by atoms with Gasteiger partial charge in [0.2, 0.25) is 9.76 Å². The predicted octanol–water partition coefficient (Wildman–Crippen LogP) is 1.28. The van der Waals surface area contributed by atoms with Crippen molar-refractivity contribution in [3.8, 4) is 0 Å². The van der Waals surface area contributed by atoms with Gasteiger partial charge in [-0.05, 0) is 18.5 Å². The second-order valence-electron chi connectivity index (χ2n) is 3.93. The Kier molecular flexibility index (Phi) is 6.87. The average Bonchev–Trinajstić information content (AvgIpc) is 2.47. The van der Waals surface area contributed by atoms with Crippen LogP contribution in [0, 0.1) is 23.3 Å². The van der Waals surface area contributed by atoms with Crippen LogP contribution in [-0.2, 0) is 4.43 Å². The van der Waals surface area contributed by atoms with Crippen LogP contribution in [0.2, 0.25) is 6.04 Å². The van der Waals surface area contributed by atoms with Crippen LogP contribution in [0.4, 0.5) is 22.0 Å². The number of carbonyl (C=O) groups excluding carboxylic acids is 1. The van der Waals surface area contributed by atoms with Crippen molar-refractivity contribution in [3.63, 3.8) is 0 Å². The number of hydrogen-bond donors (Lipinski definition) is 2. The van der Waals surface area contributed by atoms with E-state index < -0.39 is 52.9 Å². The van der Waals surface area contributed by atoms with E-state index in [1.54, 1.807) is 0 Å². The highest BCUT2D eigenvalue weighted by atomic mass is 28.2. The van der Waals surface area contributed by atoms with Gasteiger partial charge in [0.15, 0.2) is 23.3 Å². The fraction of sp³-hybridized carbons (Fsp3) is 0.364. The minimum absolute atomic E-state index is 0.00117. The highest BCUT2D eigenvalue weighted by Crippen LogP contribution is 2.20. The molecule has 0 bridgehead atoms. The van der Waals surface area contributed by atoms with Crippen LogP contribution in [0.5, 0.6) is 0 Å². The minimum Gasteiger partial charge on any atom is -0.372 e. The largest absolute Gasteiger partial charge is 0.372 e. The molecule has 0 saturated heterocycles. The van der Waals surface area contributed by atoms with E-state index in [1.165, 1.54) is 0 Å². The third-order valence-electron chi connectivity index (χ3n) is 2.38. The monoisotopic (exact) mass is 343 g/mol. The summed E-state index contributed by atoms with van der Waals surface area (Å²) < 4.78 is 69.7. The average molecular weight is 343 g/mol. The molecule has 0 aromatic heterocycles. The number of rotatable bonds is 7. The summed E-state index contributed by atoms with van der Waals surface area (Å²) in [7, 11) is -0.384. The van der Waals surface area contributed by atoms with Crippen molar-refractivity contribution in [2.45, 2.75) is 18.9 Å². The second-order valence-corrected chi connectivity index (χ2v) is 4.96. The first kappa shape index (κ1) is 18.5. The fourth-order valence-electron chi connectivity index (χ4n) is 1.38. The zero-order chi connectivity index (χ0) is 16.9. The van der Waals surface area contributed by atoms with Crippen molar-refractivity contribution < 1.29 is 41.5 Å². The molecule has 0 unspecified atom stereocenters. The standard InChI is InChI=1S/C11H10F5NO4Si/c12-6-4-5(7(13)9(15)8(6)14)10(18)17(16)2-1-3-22-21-11(19)20/h4,11,19-20H,1-3H2. The van der Waals surface area contributed by atoms with Gasteiger partial charge < -0.3 is 14.6 Å². The van der Waals surface area contributed by atoms with Crippen LogP contribution in [0.25, 0.3) is 0 Å². The Balaban J connectivity index is 2.64. The summed E-state index contributed by atoms with van der Waals surface area (Å²) >= 11 is 0. The molecule has 2 N–H and O–H groups in total. The predicted molar refractivity (Wildman–Crippen MR) is 62.9 cm³/mol. The summed E-state index contributed by atoms with van der Waals surface area (Å²) in [6.07, 6.45) is 0.00117. The van der Waals surface area contributed by atoms with Gasteiger partial charge in [-0.3, -0.25) is 4.79 Å². The van der Waals surface area contributed by atoms with Crippen LogP contribution in [0.15, 0.2) is 6.07 Å². The molecule has 1 aromatic rings. The van der Waals surface area contributed by atoms with E-state index in [0.717, 1.165) is 0 Å². The highest BCUT2D eigenvalue weighted by molar-refractivity contribution is 6.27. The van der Waals surface area contributed by atoms with E-state index in [2.05, 4.69) is 4.43 Å². The van der Waals surface area contributed by atoms with E-state index in [0.29, 0.717) is 0 Å². The lowest BCUT2D eigenvalue weighted by atomic mass is 10.1. The van der Waals surface area contributed by atoms with Gasteiger partial charge in [-0.2, -0.15) is 5.12 Å². The summed E-state index contributed by atoms with van der Waals surface area (Å²) in [6.45, 7) is -2.53.